The van der Waals surface area contributed by atoms with Crippen LogP contribution in [0.2, 0.25) is 0 Å². The fraction of sp³-hybridized carbons (Fsp3) is 0.412. The van der Waals surface area contributed by atoms with Gasteiger partial charge >= 0.3 is 0 Å². The highest BCUT2D eigenvalue weighted by atomic mass is 16.5. The summed E-state index contributed by atoms with van der Waals surface area (Å²) in [5.41, 5.74) is 6.85. The van der Waals surface area contributed by atoms with Gasteiger partial charge in [-0.15, -0.1) is 0 Å². The number of hydrogen-bond acceptors (Lipinski definition) is 5. The van der Waals surface area contributed by atoms with E-state index in [1.54, 1.807) is 31.5 Å². The van der Waals surface area contributed by atoms with Gasteiger partial charge in [0.15, 0.2) is 11.5 Å². The van der Waals surface area contributed by atoms with E-state index < -0.39 is 0 Å². The maximum Gasteiger partial charge on any atom is 0.255 e. The van der Waals surface area contributed by atoms with E-state index in [9.17, 15) is 4.79 Å². The lowest BCUT2D eigenvalue weighted by atomic mass is 10.1. The minimum atomic E-state index is -0.255. The Kier molecular flexibility index (Phi) is 6.20. The van der Waals surface area contributed by atoms with Gasteiger partial charge in [0.25, 0.3) is 5.91 Å². The third kappa shape index (κ3) is 4.26. The van der Waals surface area contributed by atoms with Crippen molar-refractivity contribution in [1.82, 2.24) is 15.3 Å². The summed E-state index contributed by atoms with van der Waals surface area (Å²) < 4.78 is 11.0. The fourth-order valence-corrected chi connectivity index (χ4v) is 2.26. The van der Waals surface area contributed by atoms with Crippen molar-refractivity contribution in [3.05, 3.63) is 41.5 Å². The van der Waals surface area contributed by atoms with E-state index in [-0.39, 0.29) is 11.9 Å². The molecule has 0 spiro atoms. The van der Waals surface area contributed by atoms with Crippen LogP contribution >= 0.6 is 0 Å². The zero-order valence-corrected chi connectivity index (χ0v) is 14.3. The number of aryl methyl sites for hydroxylation is 1. The van der Waals surface area contributed by atoms with Crippen molar-refractivity contribution in [3.63, 3.8) is 0 Å². The average Bonchev–Trinajstić information content (AvgIpc) is 3.01. The highest BCUT2D eigenvalue weighted by molar-refractivity contribution is 5.98. The van der Waals surface area contributed by atoms with Crippen molar-refractivity contribution in [1.29, 1.82) is 0 Å². The number of methoxy groups -OCH3 is 1. The van der Waals surface area contributed by atoms with Crippen LogP contribution in [0.1, 0.15) is 41.3 Å². The van der Waals surface area contributed by atoms with E-state index in [0.717, 1.165) is 5.69 Å². The lowest BCUT2D eigenvalue weighted by molar-refractivity contribution is 0.0933. The number of nitrogens with two attached hydrogens (primary N) is 1. The highest BCUT2D eigenvalue weighted by Gasteiger charge is 2.20. The zero-order chi connectivity index (χ0) is 17.5. The fourth-order valence-electron chi connectivity index (χ4n) is 2.26. The van der Waals surface area contributed by atoms with E-state index >= 15 is 0 Å². The number of benzene rings is 1. The molecule has 1 unspecified atom stereocenters. The molecule has 2 rings (SSSR count). The number of aromatic nitrogens is 2. The Bertz CT molecular complexity index is 684. The summed E-state index contributed by atoms with van der Waals surface area (Å²) in [6.07, 6.45) is 2.42. The number of carbonyl (C=O) groups excluding carboxylic acids is 1. The monoisotopic (exact) mass is 332 g/mol. The molecule has 0 saturated heterocycles. The van der Waals surface area contributed by atoms with Gasteiger partial charge in [0.05, 0.1) is 25.3 Å². The molecule has 2 aromatic rings. The molecule has 0 fully saturated rings. The molecule has 0 aliphatic heterocycles. The van der Waals surface area contributed by atoms with Crippen molar-refractivity contribution < 1.29 is 14.3 Å². The minimum Gasteiger partial charge on any atom is -0.493 e. The molecule has 0 saturated carbocycles. The Morgan fingerprint density at radius 1 is 1.46 bits per heavy atom. The number of carbonyl (C=O) groups is 1. The normalized spacial score (nSPS) is 11.8. The first-order chi connectivity index (χ1) is 11.6. The molecule has 0 aliphatic rings. The van der Waals surface area contributed by atoms with Crippen LogP contribution in [0, 0.1) is 6.92 Å². The van der Waals surface area contributed by atoms with Gasteiger partial charge in [-0.05, 0) is 38.9 Å². The van der Waals surface area contributed by atoms with Crippen LogP contribution < -0.4 is 20.5 Å². The van der Waals surface area contributed by atoms with E-state index in [0.29, 0.717) is 42.5 Å². The Morgan fingerprint density at radius 2 is 2.25 bits per heavy atom. The molecular formula is C17H24N4O3. The van der Waals surface area contributed by atoms with Gasteiger partial charge in [0.2, 0.25) is 0 Å². The average molecular weight is 332 g/mol. The lowest BCUT2D eigenvalue weighted by Gasteiger charge is -2.16. The van der Waals surface area contributed by atoms with Crippen molar-refractivity contribution >= 4 is 5.91 Å². The topological polar surface area (TPSA) is 102 Å². The lowest BCUT2D eigenvalue weighted by Crippen LogP contribution is -2.28. The second-order valence-electron chi connectivity index (χ2n) is 5.47. The molecule has 4 N–H and O–H groups in total. The number of H-pyrrole nitrogens is 1. The van der Waals surface area contributed by atoms with E-state index in [1.807, 2.05) is 13.8 Å². The van der Waals surface area contributed by atoms with Gasteiger partial charge in [0.1, 0.15) is 5.82 Å². The maximum absolute atomic E-state index is 12.6. The number of para-hydroxylation sites is 1. The van der Waals surface area contributed by atoms with Crippen LogP contribution in [0.3, 0.4) is 0 Å². The molecule has 1 atom stereocenters. The number of nitrogens with zero attached hydrogens (tertiary/aromatic N) is 1. The standard InChI is InChI=1S/C17H24N4O3/c1-11-10-19-16(20-11)12(2)21-17(22)13-6-4-7-14(23-3)15(13)24-9-5-8-18/h4,6-7,10,12H,5,8-9,18H2,1-3H3,(H,19,20)(H,21,22). The van der Waals surface area contributed by atoms with Gasteiger partial charge in [-0.1, -0.05) is 6.07 Å². The summed E-state index contributed by atoms with van der Waals surface area (Å²) in [6, 6.07) is 4.96. The Balaban J connectivity index is 2.18. The van der Waals surface area contributed by atoms with Crippen LogP contribution in [0.4, 0.5) is 0 Å². The second kappa shape index (κ2) is 8.35. The van der Waals surface area contributed by atoms with E-state index in [1.165, 1.54) is 0 Å². The summed E-state index contributed by atoms with van der Waals surface area (Å²) in [5.74, 6) is 1.39. The number of rotatable bonds is 8. The third-order valence-corrected chi connectivity index (χ3v) is 3.52. The smallest absolute Gasteiger partial charge is 0.255 e. The minimum absolute atomic E-state index is 0.252. The first-order valence-electron chi connectivity index (χ1n) is 7.89. The molecule has 1 aromatic heterocycles. The molecule has 24 heavy (non-hydrogen) atoms. The molecule has 7 nitrogen and oxygen atoms in total. The van der Waals surface area contributed by atoms with Gasteiger partial charge < -0.3 is 25.5 Å². The second-order valence-corrected chi connectivity index (χ2v) is 5.47. The number of ether oxygens (including phenoxy) is 2. The predicted molar refractivity (Wildman–Crippen MR) is 91.4 cm³/mol. The quantitative estimate of drug-likeness (QED) is 0.641. The maximum atomic E-state index is 12.6. The SMILES string of the molecule is COc1cccc(C(=O)NC(C)c2ncc(C)[nH]2)c1OCCCN. The first-order valence-corrected chi connectivity index (χ1v) is 7.89. The molecule has 0 aliphatic carbocycles. The number of amides is 1. The van der Waals surface area contributed by atoms with Crippen LogP contribution in [0.5, 0.6) is 11.5 Å². The Hall–Kier alpha value is -2.54. The zero-order valence-electron chi connectivity index (χ0n) is 14.3. The number of imidazole rings is 1. The largest absolute Gasteiger partial charge is 0.493 e. The summed E-state index contributed by atoms with van der Waals surface area (Å²) >= 11 is 0. The van der Waals surface area contributed by atoms with Crippen LogP contribution in [0.15, 0.2) is 24.4 Å². The number of nitrogens with one attached hydrogen (secondary N) is 2. The van der Waals surface area contributed by atoms with E-state index in [4.69, 9.17) is 15.2 Å². The van der Waals surface area contributed by atoms with Gasteiger partial charge in [-0.25, -0.2) is 4.98 Å². The van der Waals surface area contributed by atoms with Crippen LogP contribution in [-0.2, 0) is 0 Å². The molecule has 0 bridgehead atoms. The molecule has 1 amide bonds. The van der Waals surface area contributed by atoms with Gasteiger partial charge in [-0.3, -0.25) is 4.79 Å². The van der Waals surface area contributed by atoms with Gasteiger partial charge in [0, 0.05) is 11.9 Å². The van der Waals surface area contributed by atoms with E-state index in [2.05, 4.69) is 15.3 Å². The van der Waals surface area contributed by atoms with Gasteiger partial charge in [-0.2, -0.15) is 0 Å². The van der Waals surface area contributed by atoms with Crippen molar-refractivity contribution in [2.24, 2.45) is 5.73 Å². The summed E-state index contributed by atoms with van der Waals surface area (Å²) in [4.78, 5) is 20.0. The third-order valence-electron chi connectivity index (χ3n) is 3.52. The van der Waals surface area contributed by atoms with Crippen molar-refractivity contribution in [2.75, 3.05) is 20.3 Å². The summed E-state index contributed by atoms with van der Waals surface area (Å²) in [6.45, 7) is 4.72. The van der Waals surface area contributed by atoms with Crippen LogP contribution in [-0.4, -0.2) is 36.1 Å². The molecule has 130 valence electrons. The molecule has 1 heterocycles. The Labute approximate surface area is 141 Å². The molecule has 7 heteroatoms. The summed E-state index contributed by atoms with van der Waals surface area (Å²) in [5, 5.41) is 2.91. The number of hydrogen-bond donors (Lipinski definition) is 3. The van der Waals surface area contributed by atoms with Crippen LogP contribution in [0.25, 0.3) is 0 Å². The van der Waals surface area contributed by atoms with Crippen molar-refractivity contribution in [2.45, 2.75) is 26.3 Å². The first kappa shape index (κ1) is 17.8. The molecule has 0 radical (unpaired) electrons. The molecular weight excluding hydrogens is 308 g/mol. The number of aromatic amines is 1. The molecule has 1 aromatic carbocycles. The van der Waals surface area contributed by atoms with Crippen molar-refractivity contribution in [3.8, 4) is 11.5 Å². The Morgan fingerprint density at radius 3 is 2.88 bits per heavy atom. The predicted octanol–water partition coefficient (Wildman–Crippen LogP) is 1.95. The highest BCUT2D eigenvalue weighted by Crippen LogP contribution is 2.31. The summed E-state index contributed by atoms with van der Waals surface area (Å²) in [7, 11) is 1.54.